The van der Waals surface area contributed by atoms with Gasteiger partial charge in [-0.25, -0.2) is 9.59 Å². The van der Waals surface area contributed by atoms with E-state index in [2.05, 4.69) is 10.6 Å². The van der Waals surface area contributed by atoms with Crippen LogP contribution in [-0.2, 0) is 19.1 Å². The average molecular weight is 454 g/mol. The topological polar surface area (TPSA) is 134 Å². The second-order valence-corrected chi connectivity index (χ2v) is 8.23. The molecule has 2 aromatic carbocycles. The van der Waals surface area contributed by atoms with Gasteiger partial charge in [0.25, 0.3) is 0 Å². The molecule has 2 aromatic rings. The zero-order valence-electron chi connectivity index (χ0n) is 18.0. The molecular weight excluding hydrogens is 428 g/mol. The van der Waals surface area contributed by atoms with Crippen LogP contribution < -0.4 is 10.6 Å². The highest BCUT2D eigenvalue weighted by molar-refractivity contribution is 5.90. The van der Waals surface area contributed by atoms with Crippen molar-refractivity contribution in [2.75, 3.05) is 26.4 Å². The van der Waals surface area contributed by atoms with E-state index in [9.17, 15) is 19.5 Å². The van der Waals surface area contributed by atoms with Gasteiger partial charge >= 0.3 is 12.1 Å². The van der Waals surface area contributed by atoms with E-state index in [1.807, 2.05) is 48.5 Å². The van der Waals surface area contributed by atoms with Gasteiger partial charge in [-0.15, -0.1) is 0 Å². The van der Waals surface area contributed by atoms with E-state index in [0.717, 1.165) is 22.3 Å². The Bertz CT molecular complexity index is 1000. The second-order valence-electron chi connectivity index (χ2n) is 8.23. The molecular formula is C24H26N2O7. The average Bonchev–Trinajstić information content (AvgIpc) is 3.41. The van der Waals surface area contributed by atoms with Crippen molar-refractivity contribution < 1.29 is 34.1 Å². The summed E-state index contributed by atoms with van der Waals surface area (Å²) in [6.45, 7) is 0.322. The first-order chi connectivity index (χ1) is 15.9. The number of amides is 2. The lowest BCUT2D eigenvalue weighted by Gasteiger charge is -2.27. The number of hydrogen-bond acceptors (Lipinski definition) is 6. The molecule has 9 nitrogen and oxygen atoms in total. The minimum atomic E-state index is -1.57. The number of fused-ring (bicyclic) bond motifs is 3. The summed E-state index contributed by atoms with van der Waals surface area (Å²) in [7, 11) is 0. The molecule has 9 heteroatoms. The maximum atomic E-state index is 12.8. The summed E-state index contributed by atoms with van der Waals surface area (Å²) < 4.78 is 10.9. The van der Waals surface area contributed by atoms with Crippen LogP contribution in [0, 0.1) is 0 Å². The summed E-state index contributed by atoms with van der Waals surface area (Å²) in [5.74, 6) is -1.98. The smallest absolute Gasteiger partial charge is 0.408 e. The lowest BCUT2D eigenvalue weighted by molar-refractivity contribution is -0.147. The Hall–Kier alpha value is -3.43. The van der Waals surface area contributed by atoms with Crippen LogP contribution in [0.4, 0.5) is 4.79 Å². The van der Waals surface area contributed by atoms with Crippen LogP contribution in [0.1, 0.15) is 29.9 Å². The van der Waals surface area contributed by atoms with Crippen molar-refractivity contribution in [1.82, 2.24) is 10.6 Å². The first kappa shape index (κ1) is 22.8. The number of carboxylic acid groups (broad SMARTS) is 1. The number of aliphatic hydroxyl groups excluding tert-OH is 1. The van der Waals surface area contributed by atoms with Crippen LogP contribution in [0.5, 0.6) is 0 Å². The summed E-state index contributed by atoms with van der Waals surface area (Å²) in [4.78, 5) is 36.1. The molecule has 2 atom stereocenters. The lowest BCUT2D eigenvalue weighted by atomic mass is 9.97. The Morgan fingerprint density at radius 2 is 1.73 bits per heavy atom. The third-order valence-electron chi connectivity index (χ3n) is 6.13. The van der Waals surface area contributed by atoms with Gasteiger partial charge < -0.3 is 30.3 Å². The highest BCUT2D eigenvalue weighted by Gasteiger charge is 2.44. The van der Waals surface area contributed by atoms with E-state index in [1.165, 1.54) is 0 Å². The van der Waals surface area contributed by atoms with Crippen molar-refractivity contribution in [2.24, 2.45) is 0 Å². The molecule has 33 heavy (non-hydrogen) atoms. The van der Waals surface area contributed by atoms with Gasteiger partial charge in [-0.3, -0.25) is 4.79 Å². The molecule has 174 valence electrons. The fourth-order valence-electron chi connectivity index (χ4n) is 4.34. The number of hydrogen-bond donors (Lipinski definition) is 4. The van der Waals surface area contributed by atoms with Crippen molar-refractivity contribution in [3.63, 3.8) is 0 Å². The quantitative estimate of drug-likeness (QED) is 0.476. The Balaban J connectivity index is 1.38. The van der Waals surface area contributed by atoms with Crippen molar-refractivity contribution in [3.8, 4) is 11.1 Å². The Morgan fingerprint density at radius 3 is 2.30 bits per heavy atom. The van der Waals surface area contributed by atoms with Crippen molar-refractivity contribution in [1.29, 1.82) is 0 Å². The number of aliphatic carboxylic acids is 1. The predicted octanol–water partition coefficient (Wildman–Crippen LogP) is 1.64. The van der Waals surface area contributed by atoms with Crippen LogP contribution in [0.15, 0.2) is 48.5 Å². The first-order valence-corrected chi connectivity index (χ1v) is 10.8. The van der Waals surface area contributed by atoms with Gasteiger partial charge in [-0.05, 0) is 22.3 Å². The van der Waals surface area contributed by atoms with Gasteiger partial charge in [0.2, 0.25) is 5.91 Å². The maximum absolute atomic E-state index is 12.8. The van der Waals surface area contributed by atoms with Crippen LogP contribution >= 0.6 is 0 Å². The molecule has 0 bridgehead atoms. The molecule has 1 heterocycles. The molecule has 4 rings (SSSR count). The number of rotatable bonds is 8. The van der Waals surface area contributed by atoms with Crippen molar-refractivity contribution >= 4 is 18.0 Å². The molecule has 1 aliphatic heterocycles. The summed E-state index contributed by atoms with van der Waals surface area (Å²) in [6.07, 6.45) is -2.20. The summed E-state index contributed by atoms with van der Waals surface area (Å²) in [6, 6.07) is 16.0. The molecule has 0 spiro atoms. The summed E-state index contributed by atoms with van der Waals surface area (Å²) in [5.41, 5.74) is 3.09. The number of ether oxygens (including phenoxy) is 2. The number of carboxylic acids is 1. The number of aliphatic hydroxyl groups is 1. The monoisotopic (exact) mass is 454 g/mol. The Morgan fingerprint density at radius 1 is 1.09 bits per heavy atom. The predicted molar refractivity (Wildman–Crippen MR) is 118 cm³/mol. The normalized spacial score (nSPS) is 19.9. The van der Waals surface area contributed by atoms with Gasteiger partial charge in [-0.1, -0.05) is 48.5 Å². The number of carbonyl (C=O) groups excluding carboxylic acids is 2. The molecule has 2 amide bonds. The van der Waals surface area contributed by atoms with Gasteiger partial charge in [0, 0.05) is 31.9 Å². The lowest BCUT2D eigenvalue weighted by Crippen LogP contribution is -2.59. The van der Waals surface area contributed by atoms with Gasteiger partial charge in [0.1, 0.15) is 12.1 Å². The zero-order chi connectivity index (χ0) is 23.4. The summed E-state index contributed by atoms with van der Waals surface area (Å²) >= 11 is 0. The third kappa shape index (κ3) is 4.69. The first-order valence-electron chi connectivity index (χ1n) is 10.8. The maximum Gasteiger partial charge on any atom is 0.408 e. The fourth-order valence-corrected chi connectivity index (χ4v) is 4.34. The summed E-state index contributed by atoms with van der Waals surface area (Å²) in [5, 5.41) is 23.3. The molecule has 0 radical (unpaired) electrons. The highest BCUT2D eigenvalue weighted by Crippen LogP contribution is 2.44. The standard InChI is InChI=1S/C24H26N2O7/c27-20(21(28)29)9-11-25-22(30)24(10-12-32-14-24)26-23(31)33-13-19-17-7-3-1-5-15(17)16-6-2-4-8-18(16)19/h1-8,19-20,27H,9-14H2,(H,25,30)(H,26,31)(H,28,29). The number of carbonyl (C=O) groups is 3. The zero-order valence-corrected chi connectivity index (χ0v) is 18.0. The third-order valence-corrected chi connectivity index (χ3v) is 6.13. The number of benzene rings is 2. The van der Waals surface area contributed by atoms with Gasteiger partial charge in [0.15, 0.2) is 6.10 Å². The van der Waals surface area contributed by atoms with Crippen LogP contribution in [0.25, 0.3) is 11.1 Å². The number of alkyl carbamates (subject to hydrolysis) is 1. The Kier molecular flexibility index (Phi) is 6.62. The Labute approximate surface area is 190 Å². The fraction of sp³-hybridized carbons (Fsp3) is 0.375. The molecule has 2 aliphatic rings. The van der Waals surface area contributed by atoms with Crippen LogP contribution in [0.2, 0.25) is 0 Å². The molecule has 1 aliphatic carbocycles. The van der Waals surface area contributed by atoms with Crippen molar-refractivity contribution in [2.45, 2.75) is 30.4 Å². The molecule has 4 N–H and O–H groups in total. The minimum Gasteiger partial charge on any atom is -0.479 e. The van der Waals surface area contributed by atoms with Crippen LogP contribution in [-0.4, -0.2) is 66.2 Å². The van der Waals surface area contributed by atoms with E-state index in [1.54, 1.807) is 0 Å². The molecule has 2 unspecified atom stereocenters. The molecule has 0 aromatic heterocycles. The number of nitrogens with one attached hydrogen (secondary N) is 2. The van der Waals surface area contributed by atoms with E-state index in [0.29, 0.717) is 0 Å². The molecule has 0 saturated carbocycles. The minimum absolute atomic E-state index is 0.0233. The molecule has 1 saturated heterocycles. The second kappa shape index (κ2) is 9.60. The van der Waals surface area contributed by atoms with Gasteiger partial charge in [-0.2, -0.15) is 0 Å². The largest absolute Gasteiger partial charge is 0.479 e. The van der Waals surface area contributed by atoms with E-state index in [4.69, 9.17) is 14.6 Å². The van der Waals surface area contributed by atoms with E-state index in [-0.39, 0.29) is 45.1 Å². The van der Waals surface area contributed by atoms with Crippen molar-refractivity contribution in [3.05, 3.63) is 59.7 Å². The SMILES string of the molecule is O=C(NC1(C(=O)NCCC(O)C(=O)O)CCOC1)OCC1c2ccccc2-c2ccccc21. The van der Waals surface area contributed by atoms with E-state index >= 15 is 0 Å². The van der Waals surface area contributed by atoms with E-state index < -0.39 is 29.6 Å². The highest BCUT2D eigenvalue weighted by atomic mass is 16.6. The molecule has 1 fully saturated rings. The van der Waals surface area contributed by atoms with Gasteiger partial charge in [0.05, 0.1) is 6.61 Å². The van der Waals surface area contributed by atoms with Crippen LogP contribution in [0.3, 0.4) is 0 Å².